The van der Waals surface area contributed by atoms with E-state index in [1.165, 1.54) is 31.4 Å². The highest BCUT2D eigenvalue weighted by Crippen LogP contribution is 2.26. The van der Waals surface area contributed by atoms with Gasteiger partial charge in [-0.3, -0.25) is 9.52 Å². The normalized spacial score (nSPS) is 11.0. The quantitative estimate of drug-likeness (QED) is 0.658. The lowest BCUT2D eigenvalue weighted by atomic mass is 10.1. The molecule has 0 radical (unpaired) electrons. The molecule has 4 N–H and O–H groups in total. The van der Waals surface area contributed by atoms with E-state index in [1.807, 2.05) is 0 Å². The van der Waals surface area contributed by atoms with Crippen molar-refractivity contribution in [3.63, 3.8) is 0 Å². The van der Waals surface area contributed by atoms with Gasteiger partial charge in [0, 0.05) is 12.5 Å². The smallest absolute Gasteiger partial charge is 0.303 e. The lowest BCUT2D eigenvalue weighted by molar-refractivity contribution is -0.136. The van der Waals surface area contributed by atoms with E-state index < -0.39 is 16.0 Å². The summed E-state index contributed by atoms with van der Waals surface area (Å²) in [4.78, 5) is 10.6. The molecule has 8 heteroatoms. The minimum absolute atomic E-state index is 0.00721. The Morgan fingerprint density at radius 2 is 1.88 bits per heavy atom. The summed E-state index contributed by atoms with van der Waals surface area (Å²) >= 11 is 0. The van der Waals surface area contributed by atoms with Crippen LogP contribution in [0.5, 0.6) is 5.75 Å². The van der Waals surface area contributed by atoms with Gasteiger partial charge < -0.3 is 15.6 Å². The van der Waals surface area contributed by atoms with Gasteiger partial charge in [0.05, 0.1) is 23.4 Å². The van der Waals surface area contributed by atoms with Crippen LogP contribution in [0.25, 0.3) is 0 Å². The summed E-state index contributed by atoms with van der Waals surface area (Å²) in [5.74, 6) is -0.374. The van der Waals surface area contributed by atoms with Gasteiger partial charge in [0.25, 0.3) is 10.0 Å². The van der Waals surface area contributed by atoms with Crippen LogP contribution >= 0.6 is 0 Å². The number of anilines is 2. The maximum atomic E-state index is 12.4. The van der Waals surface area contributed by atoms with Crippen molar-refractivity contribution in [1.82, 2.24) is 0 Å². The third-order valence-corrected chi connectivity index (χ3v) is 4.75. The fourth-order valence-corrected chi connectivity index (χ4v) is 3.14. The van der Waals surface area contributed by atoms with Gasteiger partial charge in [0.15, 0.2) is 0 Å². The average molecular weight is 350 g/mol. The number of nitrogens with two attached hydrogens (primary N) is 1. The topological polar surface area (TPSA) is 119 Å². The number of carboxylic acids is 1. The summed E-state index contributed by atoms with van der Waals surface area (Å²) in [6.45, 7) is 0. The number of hydrogen-bond donors (Lipinski definition) is 3. The molecule has 0 unspecified atom stereocenters. The lowest BCUT2D eigenvalue weighted by Gasteiger charge is -2.12. The second-order valence-corrected chi connectivity index (χ2v) is 6.78. The van der Waals surface area contributed by atoms with Crippen molar-refractivity contribution < 1.29 is 23.1 Å². The standard InChI is InChI=1S/C16H18N2O5S/c1-23-12-5-8-15(14(17)10-12)18-24(21,22)13-6-2-11(3-7-13)4-9-16(19)20/h2-3,5-8,10,18H,4,9,17H2,1H3,(H,19,20). The predicted molar refractivity (Wildman–Crippen MR) is 90.6 cm³/mol. The number of aryl methyl sites for hydroxylation is 1. The largest absolute Gasteiger partial charge is 0.497 e. The van der Waals surface area contributed by atoms with Crippen LogP contribution in [0, 0.1) is 0 Å². The van der Waals surface area contributed by atoms with Crippen molar-refractivity contribution >= 4 is 27.4 Å². The molecular weight excluding hydrogens is 332 g/mol. The van der Waals surface area contributed by atoms with Gasteiger partial charge >= 0.3 is 5.97 Å². The molecule has 128 valence electrons. The lowest BCUT2D eigenvalue weighted by Crippen LogP contribution is -2.14. The zero-order chi connectivity index (χ0) is 17.7. The molecule has 0 heterocycles. The summed E-state index contributed by atoms with van der Waals surface area (Å²) in [5.41, 5.74) is 7.06. The zero-order valence-corrected chi connectivity index (χ0v) is 13.8. The Bertz CT molecular complexity index is 832. The van der Waals surface area contributed by atoms with Crippen LogP contribution in [0.4, 0.5) is 11.4 Å². The summed E-state index contributed by atoms with van der Waals surface area (Å²) in [7, 11) is -2.30. The molecule has 24 heavy (non-hydrogen) atoms. The van der Waals surface area contributed by atoms with Crippen molar-refractivity contribution in [3.8, 4) is 5.75 Å². The first-order chi connectivity index (χ1) is 11.3. The molecule has 0 aliphatic rings. The third-order valence-electron chi connectivity index (χ3n) is 3.36. The van der Waals surface area contributed by atoms with Crippen LogP contribution in [-0.2, 0) is 21.2 Å². The van der Waals surface area contributed by atoms with Crippen LogP contribution in [-0.4, -0.2) is 26.6 Å². The van der Waals surface area contributed by atoms with Gasteiger partial charge in [-0.15, -0.1) is 0 Å². The molecule has 0 aromatic heterocycles. The molecule has 0 aliphatic heterocycles. The second-order valence-electron chi connectivity index (χ2n) is 5.10. The third kappa shape index (κ3) is 4.39. The monoisotopic (exact) mass is 350 g/mol. The highest BCUT2D eigenvalue weighted by molar-refractivity contribution is 7.92. The summed E-state index contributed by atoms with van der Waals surface area (Å²) in [6, 6.07) is 10.7. The first kappa shape index (κ1) is 17.6. The van der Waals surface area contributed by atoms with Crippen LogP contribution in [0.15, 0.2) is 47.4 Å². The fraction of sp³-hybridized carbons (Fsp3) is 0.188. The van der Waals surface area contributed by atoms with Crippen LogP contribution in [0.1, 0.15) is 12.0 Å². The van der Waals surface area contributed by atoms with E-state index in [0.29, 0.717) is 12.2 Å². The van der Waals surface area contributed by atoms with E-state index in [2.05, 4.69) is 4.72 Å². The van der Waals surface area contributed by atoms with Crippen LogP contribution in [0.3, 0.4) is 0 Å². The van der Waals surface area contributed by atoms with E-state index in [9.17, 15) is 13.2 Å². The second kappa shape index (κ2) is 7.22. The number of carboxylic acid groups (broad SMARTS) is 1. The van der Waals surface area contributed by atoms with E-state index in [1.54, 1.807) is 18.2 Å². The van der Waals surface area contributed by atoms with Crippen molar-refractivity contribution in [3.05, 3.63) is 48.0 Å². The van der Waals surface area contributed by atoms with Gasteiger partial charge in [0.1, 0.15) is 5.75 Å². The molecule has 0 saturated carbocycles. The Kier molecular flexibility index (Phi) is 5.30. The van der Waals surface area contributed by atoms with Gasteiger partial charge in [0.2, 0.25) is 0 Å². The summed E-state index contributed by atoms with van der Waals surface area (Å²) in [5, 5.41) is 8.66. The number of methoxy groups -OCH3 is 1. The highest BCUT2D eigenvalue weighted by atomic mass is 32.2. The number of ether oxygens (including phenoxy) is 1. The number of sulfonamides is 1. The van der Waals surface area contributed by atoms with E-state index in [0.717, 1.165) is 5.56 Å². The number of carbonyl (C=O) groups is 1. The molecule has 0 amide bonds. The highest BCUT2D eigenvalue weighted by Gasteiger charge is 2.16. The molecule has 7 nitrogen and oxygen atoms in total. The first-order valence-corrected chi connectivity index (χ1v) is 8.57. The molecule has 2 rings (SSSR count). The first-order valence-electron chi connectivity index (χ1n) is 7.09. The minimum Gasteiger partial charge on any atom is -0.497 e. The molecule has 2 aromatic rings. The molecule has 0 aliphatic carbocycles. The van der Waals surface area contributed by atoms with E-state index in [4.69, 9.17) is 15.6 Å². The minimum atomic E-state index is -3.79. The van der Waals surface area contributed by atoms with Crippen molar-refractivity contribution in [2.45, 2.75) is 17.7 Å². The molecule has 2 aromatic carbocycles. The Hall–Kier alpha value is -2.74. The predicted octanol–water partition coefficient (Wildman–Crippen LogP) is 2.10. The molecule has 0 spiro atoms. The molecular formula is C16H18N2O5S. The Balaban J connectivity index is 2.16. The number of rotatable bonds is 7. The van der Waals surface area contributed by atoms with Gasteiger partial charge in [-0.1, -0.05) is 12.1 Å². The van der Waals surface area contributed by atoms with Gasteiger partial charge in [-0.2, -0.15) is 0 Å². The number of nitrogens with one attached hydrogen (secondary N) is 1. The fourth-order valence-electron chi connectivity index (χ4n) is 2.05. The van der Waals surface area contributed by atoms with Crippen molar-refractivity contribution in [1.29, 1.82) is 0 Å². The molecule has 0 saturated heterocycles. The van der Waals surface area contributed by atoms with Crippen LogP contribution in [0.2, 0.25) is 0 Å². The number of aliphatic carboxylic acids is 1. The summed E-state index contributed by atoms with van der Waals surface area (Å²) in [6.07, 6.45) is 0.335. The van der Waals surface area contributed by atoms with Gasteiger partial charge in [-0.25, -0.2) is 8.42 Å². The Morgan fingerprint density at radius 1 is 1.21 bits per heavy atom. The Labute approximate surface area is 140 Å². The van der Waals surface area contributed by atoms with Crippen LogP contribution < -0.4 is 15.2 Å². The molecule has 0 fully saturated rings. The SMILES string of the molecule is COc1ccc(NS(=O)(=O)c2ccc(CCC(=O)O)cc2)c(N)c1. The molecule has 0 atom stereocenters. The van der Waals surface area contributed by atoms with Crippen molar-refractivity contribution in [2.24, 2.45) is 0 Å². The van der Waals surface area contributed by atoms with Gasteiger partial charge in [-0.05, 0) is 36.2 Å². The number of nitrogen functional groups attached to an aromatic ring is 1. The summed E-state index contributed by atoms with van der Waals surface area (Å²) < 4.78 is 32.2. The molecule has 0 bridgehead atoms. The zero-order valence-electron chi connectivity index (χ0n) is 13.0. The maximum Gasteiger partial charge on any atom is 0.303 e. The maximum absolute atomic E-state index is 12.4. The van der Waals surface area contributed by atoms with E-state index in [-0.39, 0.29) is 22.7 Å². The van der Waals surface area contributed by atoms with Crippen molar-refractivity contribution in [2.75, 3.05) is 17.6 Å². The van der Waals surface area contributed by atoms with E-state index >= 15 is 0 Å². The number of benzene rings is 2. The Morgan fingerprint density at radius 3 is 2.42 bits per heavy atom. The average Bonchev–Trinajstić information content (AvgIpc) is 2.55. The number of hydrogen-bond acceptors (Lipinski definition) is 5.